The third-order valence-electron chi connectivity index (χ3n) is 1.32. The van der Waals surface area contributed by atoms with E-state index in [1.54, 1.807) is 20.8 Å². The van der Waals surface area contributed by atoms with Crippen LogP contribution in [0.25, 0.3) is 0 Å². The van der Waals surface area contributed by atoms with E-state index in [2.05, 4.69) is 15.3 Å². The second kappa shape index (κ2) is 5.13. The van der Waals surface area contributed by atoms with Crippen LogP contribution in [0, 0.1) is 3.70 Å². The van der Waals surface area contributed by atoms with Crippen molar-refractivity contribution in [1.82, 2.24) is 9.97 Å². The summed E-state index contributed by atoms with van der Waals surface area (Å²) in [5, 5.41) is 2.69. The molecule has 1 N–H and O–H groups in total. The normalized spacial score (nSPS) is 11.1. The fourth-order valence-corrected chi connectivity index (χ4v) is 1.22. The summed E-state index contributed by atoms with van der Waals surface area (Å²) in [6, 6.07) is 0. The highest BCUT2D eigenvalue weighted by Gasteiger charge is 2.16. The highest BCUT2D eigenvalue weighted by molar-refractivity contribution is 14.1. The zero-order valence-electron chi connectivity index (χ0n) is 9.04. The van der Waals surface area contributed by atoms with Crippen LogP contribution in [0.15, 0.2) is 6.20 Å². The predicted octanol–water partition coefficient (Wildman–Crippen LogP) is 3.08. The summed E-state index contributed by atoms with van der Waals surface area (Å²) >= 11 is 7.70. The van der Waals surface area contributed by atoms with Gasteiger partial charge in [-0.25, -0.2) is 14.8 Å². The number of nitrogens with zero attached hydrogens (tertiary/aromatic N) is 2. The molecule has 0 bridgehead atoms. The van der Waals surface area contributed by atoms with Crippen LogP contribution in [0.5, 0.6) is 0 Å². The minimum Gasteiger partial charge on any atom is -0.444 e. The zero-order chi connectivity index (χ0) is 12.3. The molecule has 0 saturated carbocycles. The smallest absolute Gasteiger partial charge is 0.413 e. The van der Waals surface area contributed by atoms with E-state index >= 15 is 0 Å². The Morgan fingerprint density at radius 3 is 2.69 bits per heavy atom. The van der Waals surface area contributed by atoms with E-state index in [1.165, 1.54) is 6.20 Å². The van der Waals surface area contributed by atoms with Crippen LogP contribution in [-0.4, -0.2) is 21.7 Å². The third-order valence-corrected chi connectivity index (χ3v) is 2.69. The minimum atomic E-state index is -0.584. The number of amides is 1. The van der Waals surface area contributed by atoms with Crippen molar-refractivity contribution in [3.63, 3.8) is 0 Å². The fourth-order valence-electron chi connectivity index (χ4n) is 0.820. The highest BCUT2D eigenvalue weighted by atomic mass is 127. The maximum absolute atomic E-state index is 11.4. The van der Waals surface area contributed by atoms with Crippen molar-refractivity contribution in [3.05, 3.63) is 15.1 Å². The first-order chi connectivity index (χ1) is 7.28. The van der Waals surface area contributed by atoms with Gasteiger partial charge < -0.3 is 4.74 Å². The van der Waals surface area contributed by atoms with Gasteiger partial charge in [0.1, 0.15) is 9.30 Å². The summed E-state index contributed by atoms with van der Waals surface area (Å²) in [7, 11) is 0. The molecule has 5 nitrogen and oxygen atoms in total. The molecule has 0 fully saturated rings. The van der Waals surface area contributed by atoms with E-state index in [1.807, 2.05) is 22.6 Å². The monoisotopic (exact) mass is 355 g/mol. The van der Waals surface area contributed by atoms with E-state index in [9.17, 15) is 4.79 Å². The number of hydrogen-bond donors (Lipinski definition) is 1. The lowest BCUT2D eigenvalue weighted by molar-refractivity contribution is 0.0635. The predicted molar refractivity (Wildman–Crippen MR) is 69.6 cm³/mol. The number of carbonyl (C=O) groups excluding carboxylic acids is 1. The van der Waals surface area contributed by atoms with Gasteiger partial charge in [-0.05, 0) is 43.4 Å². The number of anilines is 1. The lowest BCUT2D eigenvalue weighted by atomic mass is 10.2. The number of rotatable bonds is 1. The molecule has 0 aliphatic rings. The Bertz CT molecular complexity index is 406. The average molecular weight is 356 g/mol. The molecule has 1 heterocycles. The van der Waals surface area contributed by atoms with E-state index in [0.29, 0.717) is 3.70 Å². The van der Waals surface area contributed by atoms with Crippen LogP contribution in [-0.2, 0) is 4.74 Å². The molecule has 0 saturated heterocycles. The molecule has 0 aliphatic heterocycles. The lowest BCUT2D eigenvalue weighted by Crippen LogP contribution is -2.27. The first-order valence-electron chi connectivity index (χ1n) is 4.46. The number of hydrogen-bond acceptors (Lipinski definition) is 4. The van der Waals surface area contributed by atoms with Gasteiger partial charge in [0.25, 0.3) is 0 Å². The molecule has 0 radical (unpaired) electrons. The quantitative estimate of drug-likeness (QED) is 0.786. The van der Waals surface area contributed by atoms with Gasteiger partial charge >= 0.3 is 6.09 Å². The van der Waals surface area contributed by atoms with Gasteiger partial charge in [0.05, 0.1) is 6.20 Å². The number of aromatic nitrogens is 2. The Kier molecular flexibility index (Phi) is 4.31. The molecule has 7 heteroatoms. The Labute approximate surface area is 112 Å². The highest BCUT2D eigenvalue weighted by Crippen LogP contribution is 2.16. The van der Waals surface area contributed by atoms with Crippen LogP contribution in [0.1, 0.15) is 20.8 Å². The maximum atomic E-state index is 11.4. The number of nitrogens with one attached hydrogen (secondary N) is 1. The molecule has 0 unspecified atom stereocenters. The van der Waals surface area contributed by atoms with Crippen LogP contribution < -0.4 is 5.32 Å². The van der Waals surface area contributed by atoms with Crippen molar-refractivity contribution in [2.75, 3.05) is 5.32 Å². The van der Waals surface area contributed by atoms with Gasteiger partial charge in [0.2, 0.25) is 0 Å². The molecule has 1 aromatic rings. The van der Waals surface area contributed by atoms with Gasteiger partial charge in [-0.3, -0.25) is 5.32 Å². The number of halogens is 2. The molecule has 0 atom stereocenters. The van der Waals surface area contributed by atoms with Gasteiger partial charge in [0, 0.05) is 0 Å². The third kappa shape index (κ3) is 4.48. The molecule has 1 aromatic heterocycles. The second-order valence-corrected chi connectivity index (χ2v) is 5.34. The fraction of sp³-hybridized carbons (Fsp3) is 0.444. The SMILES string of the molecule is CC(C)(C)OC(=O)Nc1cnc(I)c(Cl)n1. The van der Waals surface area contributed by atoms with Crippen LogP contribution in [0.3, 0.4) is 0 Å². The summed E-state index contributed by atoms with van der Waals surface area (Å²) in [5.41, 5.74) is -0.551. The van der Waals surface area contributed by atoms with E-state index in [-0.39, 0.29) is 11.0 Å². The Balaban J connectivity index is 2.67. The first-order valence-corrected chi connectivity index (χ1v) is 5.91. The van der Waals surface area contributed by atoms with Gasteiger partial charge in [0.15, 0.2) is 11.0 Å². The molecular formula is C9H11ClIN3O2. The van der Waals surface area contributed by atoms with Crippen molar-refractivity contribution >= 4 is 46.1 Å². The van der Waals surface area contributed by atoms with E-state index < -0.39 is 11.7 Å². The molecule has 88 valence electrons. The maximum Gasteiger partial charge on any atom is 0.413 e. The van der Waals surface area contributed by atoms with Crippen LogP contribution in [0.2, 0.25) is 5.15 Å². The molecule has 1 rings (SSSR count). The average Bonchev–Trinajstić information content (AvgIpc) is 2.08. The lowest BCUT2D eigenvalue weighted by Gasteiger charge is -2.19. The Morgan fingerprint density at radius 2 is 2.19 bits per heavy atom. The summed E-state index contributed by atoms with van der Waals surface area (Å²) in [6.07, 6.45) is 0.830. The minimum absolute atomic E-state index is 0.245. The van der Waals surface area contributed by atoms with Crippen LogP contribution >= 0.6 is 34.2 Å². The van der Waals surface area contributed by atoms with Crippen molar-refractivity contribution < 1.29 is 9.53 Å². The summed E-state index contributed by atoms with van der Waals surface area (Å²) in [6.45, 7) is 5.33. The van der Waals surface area contributed by atoms with Crippen molar-refractivity contribution in [1.29, 1.82) is 0 Å². The molecule has 1 amide bonds. The summed E-state index contributed by atoms with van der Waals surface area (Å²) < 4.78 is 5.63. The largest absolute Gasteiger partial charge is 0.444 e. The van der Waals surface area contributed by atoms with E-state index in [0.717, 1.165) is 0 Å². The topological polar surface area (TPSA) is 64.1 Å². The van der Waals surface area contributed by atoms with Crippen molar-refractivity contribution in [3.8, 4) is 0 Å². The zero-order valence-corrected chi connectivity index (χ0v) is 12.0. The molecule has 0 aromatic carbocycles. The van der Waals surface area contributed by atoms with Crippen molar-refractivity contribution in [2.24, 2.45) is 0 Å². The first kappa shape index (κ1) is 13.4. The number of ether oxygens (including phenoxy) is 1. The van der Waals surface area contributed by atoms with Gasteiger partial charge in [-0.15, -0.1) is 0 Å². The van der Waals surface area contributed by atoms with Crippen LogP contribution in [0.4, 0.5) is 10.6 Å². The Hall–Kier alpha value is -0.630. The summed E-state index contributed by atoms with van der Waals surface area (Å²) in [5.74, 6) is 0.264. The molecule has 0 spiro atoms. The molecule has 0 aliphatic carbocycles. The van der Waals surface area contributed by atoms with Crippen molar-refractivity contribution in [2.45, 2.75) is 26.4 Å². The van der Waals surface area contributed by atoms with Gasteiger partial charge in [-0.1, -0.05) is 11.6 Å². The number of carbonyl (C=O) groups is 1. The molecule has 16 heavy (non-hydrogen) atoms. The molecular weight excluding hydrogens is 344 g/mol. The van der Waals surface area contributed by atoms with Gasteiger partial charge in [-0.2, -0.15) is 0 Å². The standard InChI is InChI=1S/C9H11ClIN3O2/c1-9(2,3)16-8(15)14-5-4-12-7(11)6(10)13-5/h4H,1-3H3,(H,13,14,15). The second-order valence-electron chi connectivity index (χ2n) is 3.96. The van der Waals surface area contributed by atoms with E-state index in [4.69, 9.17) is 16.3 Å². The Morgan fingerprint density at radius 1 is 1.56 bits per heavy atom. The summed E-state index contributed by atoms with van der Waals surface area (Å²) in [4.78, 5) is 19.3.